The van der Waals surface area contributed by atoms with E-state index < -0.39 is 5.97 Å². The van der Waals surface area contributed by atoms with Gasteiger partial charge in [-0.15, -0.1) is 5.10 Å². The number of aromatic nitrogens is 3. The molecule has 100 valence electrons. The van der Waals surface area contributed by atoms with Crippen molar-refractivity contribution >= 4 is 5.97 Å². The minimum atomic E-state index is -1.15. The molecule has 0 fully saturated rings. The summed E-state index contributed by atoms with van der Waals surface area (Å²) in [4.78, 5) is 12.5. The molecule has 0 saturated heterocycles. The molecule has 0 bridgehead atoms. The topological polar surface area (TPSA) is 68.0 Å². The van der Waals surface area contributed by atoms with Crippen LogP contribution in [0, 0.1) is 12.7 Å². The van der Waals surface area contributed by atoms with Crippen molar-refractivity contribution in [3.8, 4) is 11.3 Å². The largest absolute Gasteiger partial charge is 0.476 e. The predicted molar refractivity (Wildman–Crippen MR) is 67.5 cm³/mol. The lowest BCUT2D eigenvalue weighted by atomic mass is 10.1. The van der Waals surface area contributed by atoms with E-state index in [2.05, 4.69) is 10.2 Å². The Morgan fingerprint density at radius 1 is 1.37 bits per heavy atom. The molecule has 1 aromatic carbocycles. The third-order valence-corrected chi connectivity index (χ3v) is 2.73. The Hall–Kier alpha value is -2.24. The van der Waals surface area contributed by atoms with Crippen molar-refractivity contribution in [1.29, 1.82) is 0 Å². The van der Waals surface area contributed by atoms with Gasteiger partial charge >= 0.3 is 5.97 Å². The summed E-state index contributed by atoms with van der Waals surface area (Å²) >= 11 is 0. The second-order valence-electron chi connectivity index (χ2n) is 4.58. The summed E-state index contributed by atoms with van der Waals surface area (Å²) in [5, 5.41) is 17.3. The Morgan fingerprint density at radius 2 is 2.05 bits per heavy atom. The number of nitrogens with zero attached hydrogens (tertiary/aromatic N) is 3. The van der Waals surface area contributed by atoms with Crippen molar-refractivity contribution in [1.82, 2.24) is 15.0 Å². The zero-order chi connectivity index (χ0) is 14.2. The first kappa shape index (κ1) is 13.2. The Labute approximate surface area is 109 Å². The molecule has 5 nitrogen and oxygen atoms in total. The van der Waals surface area contributed by atoms with Gasteiger partial charge in [-0.1, -0.05) is 0 Å². The third kappa shape index (κ3) is 2.47. The molecule has 1 heterocycles. The van der Waals surface area contributed by atoms with E-state index in [1.807, 2.05) is 13.8 Å². The smallest absolute Gasteiger partial charge is 0.358 e. The summed E-state index contributed by atoms with van der Waals surface area (Å²) in [5.41, 5.74) is 1.11. The van der Waals surface area contributed by atoms with Gasteiger partial charge in [0.2, 0.25) is 0 Å². The van der Waals surface area contributed by atoms with E-state index in [0.717, 1.165) is 0 Å². The molecule has 6 heteroatoms. The molecular weight excluding hydrogens is 249 g/mol. The van der Waals surface area contributed by atoms with Crippen LogP contribution in [0.25, 0.3) is 11.3 Å². The summed E-state index contributed by atoms with van der Waals surface area (Å²) in [6.45, 7) is 5.32. The summed E-state index contributed by atoms with van der Waals surface area (Å²) in [5.74, 6) is -1.49. The van der Waals surface area contributed by atoms with Crippen LogP contribution in [-0.2, 0) is 0 Å². The second kappa shape index (κ2) is 4.79. The van der Waals surface area contributed by atoms with Crippen LogP contribution in [0.3, 0.4) is 0 Å². The fourth-order valence-electron chi connectivity index (χ4n) is 1.68. The number of carbonyl (C=O) groups is 1. The number of carboxylic acids is 1. The highest BCUT2D eigenvalue weighted by atomic mass is 19.1. The highest BCUT2D eigenvalue weighted by Gasteiger charge is 2.20. The minimum absolute atomic E-state index is 0.0478. The van der Waals surface area contributed by atoms with E-state index in [-0.39, 0.29) is 23.2 Å². The maximum absolute atomic E-state index is 13.2. The summed E-state index contributed by atoms with van der Waals surface area (Å²) in [6.07, 6.45) is 0. The molecule has 0 radical (unpaired) electrons. The second-order valence-corrected chi connectivity index (χ2v) is 4.58. The van der Waals surface area contributed by atoms with Crippen LogP contribution in [0.4, 0.5) is 4.39 Å². The predicted octanol–water partition coefficient (Wildman–Crippen LogP) is 2.67. The number of carboxylic acid groups (broad SMARTS) is 1. The molecule has 0 atom stereocenters. The standard InChI is InChI=1S/C13H14FN3O2/c1-7(2)17-15-11(12(16-17)13(18)19)9-4-5-10(14)8(3)6-9/h4-7H,1-3H3,(H,18,19). The van der Waals surface area contributed by atoms with Crippen molar-refractivity contribution < 1.29 is 14.3 Å². The van der Waals surface area contributed by atoms with Crippen LogP contribution in [0.1, 0.15) is 35.9 Å². The summed E-state index contributed by atoms with van der Waals surface area (Å²) in [7, 11) is 0. The monoisotopic (exact) mass is 263 g/mol. The Kier molecular flexibility index (Phi) is 3.33. The first-order valence-corrected chi connectivity index (χ1v) is 5.86. The molecule has 0 saturated carbocycles. The lowest BCUT2D eigenvalue weighted by Gasteiger charge is -2.02. The van der Waals surface area contributed by atoms with Gasteiger partial charge in [-0.05, 0) is 44.5 Å². The SMILES string of the molecule is Cc1cc(-c2nn(C(C)C)nc2C(=O)O)ccc1F. The highest BCUT2D eigenvalue weighted by Crippen LogP contribution is 2.23. The molecule has 1 N–H and O–H groups in total. The van der Waals surface area contributed by atoms with Gasteiger partial charge in [0, 0.05) is 5.56 Å². The van der Waals surface area contributed by atoms with Crippen molar-refractivity contribution in [2.24, 2.45) is 0 Å². The minimum Gasteiger partial charge on any atom is -0.476 e. The van der Waals surface area contributed by atoms with Crippen LogP contribution in [0.5, 0.6) is 0 Å². The third-order valence-electron chi connectivity index (χ3n) is 2.73. The van der Waals surface area contributed by atoms with Crippen molar-refractivity contribution in [2.45, 2.75) is 26.8 Å². The molecule has 0 aliphatic heterocycles. The van der Waals surface area contributed by atoms with Gasteiger partial charge in [-0.3, -0.25) is 0 Å². The molecule has 0 aliphatic carbocycles. The molecule has 0 spiro atoms. The van der Waals surface area contributed by atoms with Crippen LogP contribution >= 0.6 is 0 Å². The van der Waals surface area contributed by atoms with Gasteiger partial charge < -0.3 is 5.11 Å². The molecular formula is C13H14FN3O2. The van der Waals surface area contributed by atoms with Crippen molar-refractivity contribution in [2.75, 3.05) is 0 Å². The molecule has 19 heavy (non-hydrogen) atoms. The lowest BCUT2D eigenvalue weighted by molar-refractivity contribution is 0.0690. The summed E-state index contributed by atoms with van der Waals surface area (Å²) < 4.78 is 13.2. The highest BCUT2D eigenvalue weighted by molar-refractivity contribution is 5.92. The number of aryl methyl sites for hydroxylation is 1. The Balaban J connectivity index is 2.59. The van der Waals surface area contributed by atoms with Crippen LogP contribution in [-0.4, -0.2) is 26.1 Å². The molecule has 0 aliphatic rings. The van der Waals surface area contributed by atoms with Gasteiger partial charge in [0.1, 0.15) is 11.5 Å². The lowest BCUT2D eigenvalue weighted by Crippen LogP contribution is -2.06. The Bertz CT molecular complexity index is 635. The van der Waals surface area contributed by atoms with Gasteiger partial charge in [-0.25, -0.2) is 9.18 Å². The van der Waals surface area contributed by atoms with E-state index >= 15 is 0 Å². The average Bonchev–Trinajstić information content (AvgIpc) is 2.78. The van der Waals surface area contributed by atoms with Crippen LogP contribution < -0.4 is 0 Å². The number of hydrogen-bond donors (Lipinski definition) is 1. The van der Waals surface area contributed by atoms with Crippen LogP contribution in [0.2, 0.25) is 0 Å². The van der Waals surface area contributed by atoms with E-state index in [4.69, 9.17) is 5.11 Å². The summed E-state index contributed by atoms with van der Waals surface area (Å²) in [6, 6.07) is 4.32. The number of aromatic carboxylic acids is 1. The van der Waals surface area contributed by atoms with E-state index in [1.54, 1.807) is 13.0 Å². The van der Waals surface area contributed by atoms with Crippen molar-refractivity contribution in [3.63, 3.8) is 0 Å². The van der Waals surface area contributed by atoms with Crippen LogP contribution in [0.15, 0.2) is 18.2 Å². The van der Waals surface area contributed by atoms with E-state index in [9.17, 15) is 9.18 Å². The zero-order valence-electron chi connectivity index (χ0n) is 10.9. The molecule has 1 aromatic heterocycles. The number of halogens is 1. The fourth-order valence-corrected chi connectivity index (χ4v) is 1.68. The van der Waals surface area contributed by atoms with Crippen molar-refractivity contribution in [3.05, 3.63) is 35.3 Å². The Morgan fingerprint density at radius 3 is 2.58 bits per heavy atom. The zero-order valence-corrected chi connectivity index (χ0v) is 10.9. The van der Waals surface area contributed by atoms with E-state index in [1.165, 1.54) is 16.9 Å². The number of hydrogen-bond acceptors (Lipinski definition) is 3. The maximum Gasteiger partial charge on any atom is 0.358 e. The first-order chi connectivity index (χ1) is 8.90. The molecule has 0 amide bonds. The maximum atomic E-state index is 13.2. The molecule has 2 aromatic rings. The average molecular weight is 263 g/mol. The number of benzene rings is 1. The fraction of sp³-hybridized carbons (Fsp3) is 0.308. The normalized spacial score (nSPS) is 11.0. The number of rotatable bonds is 3. The molecule has 2 rings (SSSR count). The first-order valence-electron chi connectivity index (χ1n) is 5.86. The quantitative estimate of drug-likeness (QED) is 0.924. The van der Waals surface area contributed by atoms with Gasteiger partial charge in [-0.2, -0.15) is 9.90 Å². The van der Waals surface area contributed by atoms with Gasteiger partial charge in [0.05, 0.1) is 6.04 Å². The van der Waals surface area contributed by atoms with Gasteiger partial charge in [0.25, 0.3) is 0 Å². The van der Waals surface area contributed by atoms with Gasteiger partial charge in [0.15, 0.2) is 5.69 Å². The molecule has 0 unspecified atom stereocenters. The van der Waals surface area contributed by atoms with E-state index in [0.29, 0.717) is 11.1 Å².